The molecule has 4 rings (SSSR count). The summed E-state index contributed by atoms with van der Waals surface area (Å²) in [6.07, 6.45) is 3.26. The molecule has 2 aromatic carbocycles. The highest BCUT2D eigenvalue weighted by Gasteiger charge is 2.17. The van der Waals surface area contributed by atoms with E-state index in [2.05, 4.69) is 23.3 Å². The SMILES string of the molecule is C[C@@H](CNC(=O)c1ccc2c(c1)OCO2)Oc1cccc(CN(C)Cc2ccoc2)c1. The van der Waals surface area contributed by atoms with Gasteiger partial charge >= 0.3 is 0 Å². The third kappa shape index (κ3) is 5.58. The second-order valence-electron chi connectivity index (χ2n) is 7.66. The summed E-state index contributed by atoms with van der Waals surface area (Å²) in [5, 5.41) is 2.90. The zero-order chi connectivity index (χ0) is 21.6. The fraction of sp³-hybridized carbons (Fsp3) is 0.292. The number of furan rings is 1. The van der Waals surface area contributed by atoms with Crippen molar-refractivity contribution in [3.63, 3.8) is 0 Å². The normalized spacial score (nSPS) is 13.3. The summed E-state index contributed by atoms with van der Waals surface area (Å²) in [6.45, 7) is 4.10. The molecule has 2 heterocycles. The van der Waals surface area contributed by atoms with Crippen LogP contribution in [0.1, 0.15) is 28.4 Å². The minimum atomic E-state index is -0.183. The van der Waals surface area contributed by atoms with Crippen molar-refractivity contribution in [2.75, 3.05) is 20.4 Å². The maximum atomic E-state index is 12.4. The summed E-state index contributed by atoms with van der Waals surface area (Å²) in [5.74, 6) is 1.84. The van der Waals surface area contributed by atoms with Crippen LogP contribution in [0.3, 0.4) is 0 Å². The molecule has 0 fully saturated rings. The van der Waals surface area contributed by atoms with Crippen molar-refractivity contribution >= 4 is 5.91 Å². The molecule has 0 spiro atoms. The number of carbonyl (C=O) groups excluding carboxylic acids is 1. The fourth-order valence-electron chi connectivity index (χ4n) is 3.43. The minimum absolute atomic E-state index is 0.177. The van der Waals surface area contributed by atoms with Crippen molar-refractivity contribution < 1.29 is 23.4 Å². The average Bonchev–Trinajstić information content (AvgIpc) is 3.43. The van der Waals surface area contributed by atoms with Gasteiger partial charge < -0.3 is 23.9 Å². The van der Waals surface area contributed by atoms with Crippen molar-refractivity contribution in [2.24, 2.45) is 0 Å². The summed E-state index contributed by atoms with van der Waals surface area (Å²) in [4.78, 5) is 14.6. The van der Waals surface area contributed by atoms with Crippen LogP contribution in [0.5, 0.6) is 17.2 Å². The van der Waals surface area contributed by atoms with Crippen LogP contribution >= 0.6 is 0 Å². The number of ether oxygens (including phenoxy) is 3. The molecule has 1 aliphatic heterocycles. The lowest BCUT2D eigenvalue weighted by Crippen LogP contribution is -2.33. The van der Waals surface area contributed by atoms with E-state index in [1.807, 2.05) is 31.2 Å². The molecule has 7 nitrogen and oxygen atoms in total. The van der Waals surface area contributed by atoms with Gasteiger partial charge in [-0.1, -0.05) is 12.1 Å². The number of hydrogen-bond acceptors (Lipinski definition) is 6. The van der Waals surface area contributed by atoms with Crippen molar-refractivity contribution in [2.45, 2.75) is 26.1 Å². The van der Waals surface area contributed by atoms with Crippen LogP contribution in [0, 0.1) is 0 Å². The molecule has 0 aliphatic carbocycles. The Bertz CT molecular complexity index is 1020. The molecule has 0 unspecified atom stereocenters. The largest absolute Gasteiger partial charge is 0.489 e. The van der Waals surface area contributed by atoms with Crippen LogP contribution in [-0.4, -0.2) is 37.3 Å². The second-order valence-corrected chi connectivity index (χ2v) is 7.66. The van der Waals surface area contributed by atoms with E-state index in [0.29, 0.717) is 23.6 Å². The molecule has 162 valence electrons. The van der Waals surface area contributed by atoms with E-state index in [1.165, 1.54) is 0 Å². The zero-order valence-corrected chi connectivity index (χ0v) is 17.7. The smallest absolute Gasteiger partial charge is 0.251 e. The molecule has 0 radical (unpaired) electrons. The van der Waals surface area contributed by atoms with Gasteiger partial charge in [0.25, 0.3) is 5.91 Å². The maximum Gasteiger partial charge on any atom is 0.251 e. The third-order valence-corrected chi connectivity index (χ3v) is 4.91. The molecule has 0 saturated heterocycles. The Balaban J connectivity index is 1.27. The molecular formula is C24H26N2O5. The summed E-state index contributed by atoms with van der Waals surface area (Å²) in [5.41, 5.74) is 2.82. The first-order chi connectivity index (χ1) is 15.1. The monoisotopic (exact) mass is 422 g/mol. The van der Waals surface area contributed by atoms with Gasteiger partial charge in [0.1, 0.15) is 11.9 Å². The number of rotatable bonds is 9. The van der Waals surface area contributed by atoms with Crippen molar-refractivity contribution in [1.82, 2.24) is 10.2 Å². The van der Waals surface area contributed by atoms with Gasteiger partial charge in [0.2, 0.25) is 6.79 Å². The van der Waals surface area contributed by atoms with Gasteiger partial charge in [-0.25, -0.2) is 0 Å². The van der Waals surface area contributed by atoms with Gasteiger partial charge in [0, 0.05) is 24.2 Å². The Morgan fingerprint density at radius 3 is 2.77 bits per heavy atom. The third-order valence-electron chi connectivity index (χ3n) is 4.91. The molecule has 0 bridgehead atoms. The van der Waals surface area contributed by atoms with Gasteiger partial charge in [-0.15, -0.1) is 0 Å². The quantitative estimate of drug-likeness (QED) is 0.565. The second kappa shape index (κ2) is 9.57. The first-order valence-electron chi connectivity index (χ1n) is 10.2. The predicted molar refractivity (Wildman–Crippen MR) is 115 cm³/mol. The van der Waals surface area contributed by atoms with E-state index in [9.17, 15) is 4.79 Å². The van der Waals surface area contributed by atoms with Gasteiger partial charge in [0.15, 0.2) is 11.5 Å². The molecule has 1 amide bonds. The molecule has 1 atom stereocenters. The molecule has 3 aromatic rings. The number of nitrogens with one attached hydrogen (secondary N) is 1. The maximum absolute atomic E-state index is 12.4. The van der Waals surface area contributed by atoms with E-state index < -0.39 is 0 Å². The Kier molecular flexibility index (Phi) is 6.43. The number of carbonyl (C=O) groups is 1. The minimum Gasteiger partial charge on any atom is -0.489 e. The summed E-state index contributed by atoms with van der Waals surface area (Å²) < 4.78 is 21.7. The molecule has 31 heavy (non-hydrogen) atoms. The van der Waals surface area contributed by atoms with Crippen molar-refractivity contribution in [3.05, 3.63) is 77.7 Å². The van der Waals surface area contributed by atoms with Crippen LogP contribution in [0.2, 0.25) is 0 Å². The lowest BCUT2D eigenvalue weighted by Gasteiger charge is -2.18. The van der Waals surface area contributed by atoms with Crippen LogP contribution in [0.15, 0.2) is 65.5 Å². The first-order valence-corrected chi connectivity index (χ1v) is 10.2. The van der Waals surface area contributed by atoms with Crippen LogP contribution in [0.4, 0.5) is 0 Å². The highest BCUT2D eigenvalue weighted by atomic mass is 16.7. The molecule has 7 heteroatoms. The number of benzene rings is 2. The van der Waals surface area contributed by atoms with E-state index in [4.69, 9.17) is 18.6 Å². The average molecular weight is 422 g/mol. The van der Waals surface area contributed by atoms with E-state index in [0.717, 1.165) is 30.0 Å². The molecule has 1 aromatic heterocycles. The first kappa shape index (κ1) is 20.8. The van der Waals surface area contributed by atoms with Crippen LogP contribution < -0.4 is 19.5 Å². The fourth-order valence-corrected chi connectivity index (χ4v) is 3.43. The van der Waals surface area contributed by atoms with Crippen LogP contribution in [0.25, 0.3) is 0 Å². The van der Waals surface area contributed by atoms with Crippen LogP contribution in [-0.2, 0) is 13.1 Å². The lowest BCUT2D eigenvalue weighted by molar-refractivity contribution is 0.0931. The molecule has 1 N–H and O–H groups in total. The molecule has 1 aliphatic rings. The van der Waals surface area contributed by atoms with E-state index in [-0.39, 0.29) is 18.8 Å². The Labute approximate surface area is 181 Å². The van der Waals surface area contributed by atoms with E-state index >= 15 is 0 Å². The Morgan fingerprint density at radius 2 is 1.94 bits per heavy atom. The molecular weight excluding hydrogens is 396 g/mol. The molecule has 0 saturated carbocycles. The number of fused-ring (bicyclic) bond motifs is 1. The summed E-state index contributed by atoms with van der Waals surface area (Å²) in [7, 11) is 2.06. The number of amides is 1. The summed E-state index contributed by atoms with van der Waals surface area (Å²) in [6, 6.07) is 15.1. The Hall–Kier alpha value is -3.45. The topological polar surface area (TPSA) is 73.2 Å². The summed E-state index contributed by atoms with van der Waals surface area (Å²) >= 11 is 0. The Morgan fingerprint density at radius 1 is 1.10 bits per heavy atom. The zero-order valence-electron chi connectivity index (χ0n) is 17.7. The lowest BCUT2D eigenvalue weighted by atomic mass is 10.2. The van der Waals surface area contributed by atoms with Gasteiger partial charge in [-0.2, -0.15) is 0 Å². The van der Waals surface area contributed by atoms with Gasteiger partial charge in [-0.3, -0.25) is 9.69 Å². The van der Waals surface area contributed by atoms with Gasteiger partial charge in [0.05, 0.1) is 19.1 Å². The van der Waals surface area contributed by atoms with Crippen molar-refractivity contribution in [3.8, 4) is 17.2 Å². The number of nitrogens with zero attached hydrogens (tertiary/aromatic N) is 1. The van der Waals surface area contributed by atoms with Gasteiger partial charge in [-0.05, 0) is 55.9 Å². The van der Waals surface area contributed by atoms with Crippen molar-refractivity contribution in [1.29, 1.82) is 0 Å². The van der Waals surface area contributed by atoms with E-state index in [1.54, 1.807) is 30.7 Å². The highest BCUT2D eigenvalue weighted by molar-refractivity contribution is 5.94. The standard InChI is InChI=1S/C24H26N2O5/c1-17(12-25-24(27)20-6-7-22-23(11-20)30-16-29-22)31-21-5-3-4-18(10-21)13-26(2)14-19-8-9-28-15-19/h3-11,15,17H,12-14,16H2,1-2H3,(H,25,27)/t17-/m0/s1. The predicted octanol–water partition coefficient (Wildman–Crippen LogP) is 3.84. The highest BCUT2D eigenvalue weighted by Crippen LogP contribution is 2.32. The number of hydrogen-bond donors (Lipinski definition) is 1.